The van der Waals surface area contributed by atoms with Crippen LogP contribution in [0, 0.1) is 6.92 Å². The van der Waals surface area contributed by atoms with Gasteiger partial charge in [0.2, 0.25) is 5.91 Å². The van der Waals surface area contributed by atoms with E-state index in [1.807, 2.05) is 38.1 Å². The minimum atomic E-state index is -1.03. The smallest absolute Gasteiger partial charge is 0.242 e. The van der Waals surface area contributed by atoms with Crippen molar-refractivity contribution in [1.82, 2.24) is 0 Å². The first kappa shape index (κ1) is 10.7. The SMILES string of the molecule is CCC(N)(C(N)=O)c1ccc(C)cc1. The molecular weight excluding hydrogens is 176 g/mol. The Kier molecular flexibility index (Phi) is 2.91. The third-order valence-corrected chi connectivity index (χ3v) is 2.56. The molecule has 0 saturated heterocycles. The van der Waals surface area contributed by atoms with Crippen molar-refractivity contribution in [3.05, 3.63) is 35.4 Å². The fourth-order valence-electron chi connectivity index (χ4n) is 1.37. The van der Waals surface area contributed by atoms with E-state index in [1.54, 1.807) is 0 Å². The lowest BCUT2D eigenvalue weighted by Crippen LogP contribution is -2.48. The monoisotopic (exact) mass is 192 g/mol. The van der Waals surface area contributed by atoms with E-state index in [0.29, 0.717) is 6.42 Å². The van der Waals surface area contributed by atoms with Crippen LogP contribution in [0.25, 0.3) is 0 Å². The molecule has 0 radical (unpaired) electrons. The summed E-state index contributed by atoms with van der Waals surface area (Å²) in [6.45, 7) is 3.84. The second-order valence-electron chi connectivity index (χ2n) is 3.56. The Morgan fingerprint density at radius 2 is 1.86 bits per heavy atom. The molecule has 0 aromatic heterocycles. The molecule has 0 aliphatic carbocycles. The van der Waals surface area contributed by atoms with E-state index in [1.165, 1.54) is 0 Å². The Labute approximate surface area is 84.1 Å². The summed E-state index contributed by atoms with van der Waals surface area (Å²) in [5.74, 6) is -0.483. The van der Waals surface area contributed by atoms with Crippen LogP contribution in [0.3, 0.4) is 0 Å². The highest BCUT2D eigenvalue weighted by atomic mass is 16.1. The molecular formula is C11H16N2O. The molecule has 0 bridgehead atoms. The molecule has 1 rings (SSSR count). The van der Waals surface area contributed by atoms with Gasteiger partial charge in [0.15, 0.2) is 0 Å². The molecule has 0 fully saturated rings. The van der Waals surface area contributed by atoms with Crippen LogP contribution in [0.2, 0.25) is 0 Å². The first-order valence-corrected chi connectivity index (χ1v) is 4.66. The van der Waals surface area contributed by atoms with Gasteiger partial charge in [0, 0.05) is 0 Å². The van der Waals surface area contributed by atoms with E-state index in [2.05, 4.69) is 0 Å². The molecule has 0 heterocycles. The summed E-state index contributed by atoms with van der Waals surface area (Å²) in [5, 5.41) is 0. The first-order valence-electron chi connectivity index (χ1n) is 4.66. The Bertz CT molecular complexity index is 332. The number of nitrogens with two attached hydrogens (primary N) is 2. The van der Waals surface area contributed by atoms with E-state index < -0.39 is 11.4 Å². The Hall–Kier alpha value is -1.35. The Morgan fingerprint density at radius 1 is 1.36 bits per heavy atom. The predicted octanol–water partition coefficient (Wildman–Crippen LogP) is 1.04. The van der Waals surface area contributed by atoms with Gasteiger partial charge in [0.25, 0.3) is 0 Å². The maximum Gasteiger partial charge on any atom is 0.242 e. The Balaban J connectivity index is 3.13. The highest BCUT2D eigenvalue weighted by Crippen LogP contribution is 2.21. The fourth-order valence-corrected chi connectivity index (χ4v) is 1.37. The zero-order chi connectivity index (χ0) is 10.8. The summed E-state index contributed by atoms with van der Waals surface area (Å²) in [4.78, 5) is 11.2. The second-order valence-corrected chi connectivity index (χ2v) is 3.56. The standard InChI is InChI=1S/C11H16N2O/c1-3-11(13,10(12)14)9-6-4-8(2)5-7-9/h4-7H,3,13H2,1-2H3,(H2,12,14). The van der Waals surface area contributed by atoms with E-state index in [-0.39, 0.29) is 0 Å². The first-order chi connectivity index (χ1) is 6.50. The molecule has 0 spiro atoms. The van der Waals surface area contributed by atoms with Crippen LogP contribution < -0.4 is 11.5 Å². The van der Waals surface area contributed by atoms with Crippen LogP contribution in [-0.4, -0.2) is 5.91 Å². The van der Waals surface area contributed by atoms with Gasteiger partial charge in [-0.15, -0.1) is 0 Å². The van der Waals surface area contributed by atoms with Crippen molar-refractivity contribution < 1.29 is 4.79 Å². The third kappa shape index (κ3) is 1.77. The average molecular weight is 192 g/mol. The zero-order valence-electron chi connectivity index (χ0n) is 8.58. The molecule has 1 aromatic rings. The normalized spacial score (nSPS) is 14.8. The lowest BCUT2D eigenvalue weighted by atomic mass is 9.87. The molecule has 0 aliphatic rings. The predicted molar refractivity (Wildman–Crippen MR) is 56.5 cm³/mol. The third-order valence-electron chi connectivity index (χ3n) is 2.56. The molecule has 0 saturated carbocycles. The summed E-state index contributed by atoms with van der Waals surface area (Å²) in [6.07, 6.45) is 0.505. The van der Waals surface area contributed by atoms with E-state index in [4.69, 9.17) is 11.5 Å². The van der Waals surface area contributed by atoms with Crippen molar-refractivity contribution in [3.63, 3.8) is 0 Å². The molecule has 14 heavy (non-hydrogen) atoms. The topological polar surface area (TPSA) is 69.1 Å². The number of primary amides is 1. The molecule has 76 valence electrons. The van der Waals surface area contributed by atoms with Crippen LogP contribution in [-0.2, 0) is 10.3 Å². The van der Waals surface area contributed by atoms with Gasteiger partial charge < -0.3 is 11.5 Å². The second kappa shape index (κ2) is 3.80. The lowest BCUT2D eigenvalue weighted by Gasteiger charge is -2.24. The lowest BCUT2D eigenvalue weighted by molar-refractivity contribution is -0.123. The molecule has 3 heteroatoms. The van der Waals surface area contributed by atoms with Crippen molar-refractivity contribution in [2.45, 2.75) is 25.8 Å². The maximum absolute atomic E-state index is 11.2. The van der Waals surface area contributed by atoms with Crippen molar-refractivity contribution >= 4 is 5.91 Å². The van der Waals surface area contributed by atoms with Gasteiger partial charge in [-0.2, -0.15) is 0 Å². The minimum Gasteiger partial charge on any atom is -0.368 e. The molecule has 1 amide bonds. The number of amides is 1. The molecule has 0 aliphatic heterocycles. The van der Waals surface area contributed by atoms with Gasteiger partial charge in [0.1, 0.15) is 5.54 Å². The highest BCUT2D eigenvalue weighted by Gasteiger charge is 2.31. The van der Waals surface area contributed by atoms with E-state index >= 15 is 0 Å². The number of benzene rings is 1. The van der Waals surface area contributed by atoms with Gasteiger partial charge in [-0.05, 0) is 18.9 Å². The quantitative estimate of drug-likeness (QED) is 0.751. The molecule has 4 N–H and O–H groups in total. The van der Waals surface area contributed by atoms with Crippen LogP contribution >= 0.6 is 0 Å². The van der Waals surface area contributed by atoms with E-state index in [0.717, 1.165) is 11.1 Å². The molecule has 3 nitrogen and oxygen atoms in total. The number of rotatable bonds is 3. The van der Waals surface area contributed by atoms with Crippen molar-refractivity contribution in [2.24, 2.45) is 11.5 Å². The highest BCUT2D eigenvalue weighted by molar-refractivity contribution is 5.85. The largest absolute Gasteiger partial charge is 0.368 e. The number of hydrogen-bond donors (Lipinski definition) is 2. The number of carbonyl (C=O) groups is 1. The van der Waals surface area contributed by atoms with Crippen LogP contribution in [0.15, 0.2) is 24.3 Å². The summed E-state index contributed by atoms with van der Waals surface area (Å²) < 4.78 is 0. The van der Waals surface area contributed by atoms with Gasteiger partial charge in [-0.3, -0.25) is 4.79 Å². The Morgan fingerprint density at radius 3 is 2.21 bits per heavy atom. The van der Waals surface area contributed by atoms with Crippen molar-refractivity contribution in [2.75, 3.05) is 0 Å². The van der Waals surface area contributed by atoms with Crippen molar-refractivity contribution in [1.29, 1.82) is 0 Å². The number of carbonyl (C=O) groups excluding carboxylic acids is 1. The van der Waals surface area contributed by atoms with E-state index in [9.17, 15) is 4.79 Å². The number of aryl methyl sites for hydroxylation is 1. The molecule has 1 unspecified atom stereocenters. The van der Waals surface area contributed by atoms with Crippen molar-refractivity contribution in [3.8, 4) is 0 Å². The number of hydrogen-bond acceptors (Lipinski definition) is 2. The maximum atomic E-state index is 11.2. The fraction of sp³-hybridized carbons (Fsp3) is 0.364. The van der Waals surface area contributed by atoms with Crippen LogP contribution in [0.1, 0.15) is 24.5 Å². The average Bonchev–Trinajstić information content (AvgIpc) is 2.17. The van der Waals surface area contributed by atoms with Crippen LogP contribution in [0.4, 0.5) is 0 Å². The summed E-state index contributed by atoms with van der Waals surface area (Å²) in [5.41, 5.74) is 12.1. The summed E-state index contributed by atoms with van der Waals surface area (Å²) in [6, 6.07) is 7.55. The van der Waals surface area contributed by atoms with Gasteiger partial charge in [-0.25, -0.2) is 0 Å². The van der Waals surface area contributed by atoms with Gasteiger partial charge in [0.05, 0.1) is 0 Å². The molecule has 1 atom stereocenters. The van der Waals surface area contributed by atoms with Gasteiger partial charge in [-0.1, -0.05) is 36.8 Å². The molecule has 1 aromatic carbocycles. The van der Waals surface area contributed by atoms with Crippen LogP contribution in [0.5, 0.6) is 0 Å². The zero-order valence-corrected chi connectivity index (χ0v) is 8.58. The minimum absolute atomic E-state index is 0.483. The van der Waals surface area contributed by atoms with Gasteiger partial charge >= 0.3 is 0 Å². The summed E-state index contributed by atoms with van der Waals surface area (Å²) in [7, 11) is 0. The summed E-state index contributed by atoms with van der Waals surface area (Å²) >= 11 is 0.